The summed E-state index contributed by atoms with van der Waals surface area (Å²) in [4.78, 5) is 14.1. The highest BCUT2D eigenvalue weighted by atomic mass is 32.2. The molecule has 0 heterocycles. The van der Waals surface area contributed by atoms with Crippen LogP contribution in [0.4, 0.5) is 0 Å². The van der Waals surface area contributed by atoms with Gasteiger partial charge >= 0.3 is 5.97 Å². The molecule has 0 atom stereocenters. The molecule has 0 saturated heterocycles. The zero-order chi connectivity index (χ0) is 11.5. The summed E-state index contributed by atoms with van der Waals surface area (Å²) in [6.45, 7) is 3.48. The predicted molar refractivity (Wildman–Crippen MR) is 64.4 cm³/mol. The van der Waals surface area contributed by atoms with Crippen molar-refractivity contribution in [3.63, 3.8) is 0 Å². The second kappa shape index (κ2) is 10.2. The van der Waals surface area contributed by atoms with E-state index in [2.05, 4.69) is 11.5 Å². The first-order valence-electron chi connectivity index (χ1n) is 4.53. The zero-order valence-electron chi connectivity index (χ0n) is 8.48. The first-order valence-corrected chi connectivity index (χ1v) is 6.84. The number of carboxylic acid groups (broad SMARTS) is 1. The smallest absolute Gasteiger partial charge is 0.304 e. The van der Waals surface area contributed by atoms with Crippen molar-refractivity contribution in [3.05, 3.63) is 12.3 Å². The van der Waals surface area contributed by atoms with Crippen molar-refractivity contribution in [1.82, 2.24) is 0 Å². The fraction of sp³-hybridized carbons (Fsp3) is 0.667. The Kier molecular flexibility index (Phi) is 9.97. The van der Waals surface area contributed by atoms with Crippen LogP contribution in [-0.2, 0) is 9.68 Å². The van der Waals surface area contributed by atoms with Crippen molar-refractivity contribution in [2.24, 2.45) is 0 Å². The average Bonchev–Trinajstić information content (AvgIpc) is 2.21. The van der Waals surface area contributed by atoms with Crippen LogP contribution in [-0.4, -0.2) is 39.3 Å². The molecule has 4 nitrogen and oxygen atoms in total. The topological polar surface area (TPSA) is 66.8 Å². The number of carboxylic acids is 1. The Morgan fingerprint density at radius 1 is 1.27 bits per heavy atom. The van der Waals surface area contributed by atoms with E-state index >= 15 is 0 Å². The van der Waals surface area contributed by atoms with E-state index in [-0.39, 0.29) is 6.42 Å². The van der Waals surface area contributed by atoms with Gasteiger partial charge in [-0.3, -0.25) is 4.79 Å². The molecule has 6 heteroatoms. The van der Waals surface area contributed by atoms with Crippen LogP contribution in [0.1, 0.15) is 12.8 Å². The number of hydrogen-bond acceptors (Lipinski definition) is 5. The van der Waals surface area contributed by atoms with Crippen LogP contribution in [0.5, 0.6) is 0 Å². The van der Waals surface area contributed by atoms with Crippen LogP contribution in [0.3, 0.4) is 0 Å². The Bertz CT molecular complexity index is 197. The zero-order valence-corrected chi connectivity index (χ0v) is 10.1. The van der Waals surface area contributed by atoms with Gasteiger partial charge in [0.05, 0.1) is 12.2 Å². The lowest BCUT2D eigenvalue weighted by molar-refractivity contribution is -0.201. The summed E-state index contributed by atoms with van der Waals surface area (Å²) >= 11 is 3.29. The molecule has 0 unspecified atom stereocenters. The Morgan fingerprint density at radius 2 is 1.93 bits per heavy atom. The first kappa shape index (κ1) is 14.7. The van der Waals surface area contributed by atoms with E-state index in [1.165, 1.54) is 0 Å². The van der Waals surface area contributed by atoms with Gasteiger partial charge in [-0.25, -0.2) is 5.26 Å². The summed E-state index contributed by atoms with van der Waals surface area (Å²) in [7, 11) is 0. The van der Waals surface area contributed by atoms with Crippen molar-refractivity contribution < 1.29 is 20.0 Å². The Hall–Kier alpha value is -0.330. The highest BCUT2D eigenvalue weighted by Crippen LogP contribution is 2.11. The minimum Gasteiger partial charge on any atom is -0.481 e. The Labute approximate surface area is 98.0 Å². The highest BCUT2D eigenvalue weighted by Gasteiger charge is 1.97. The largest absolute Gasteiger partial charge is 0.481 e. The van der Waals surface area contributed by atoms with Crippen LogP contribution < -0.4 is 0 Å². The van der Waals surface area contributed by atoms with Gasteiger partial charge in [0.25, 0.3) is 0 Å². The lowest BCUT2D eigenvalue weighted by atomic mass is 10.5. The van der Waals surface area contributed by atoms with Crippen LogP contribution in [0.2, 0.25) is 0 Å². The number of rotatable bonds is 10. The van der Waals surface area contributed by atoms with Crippen molar-refractivity contribution in [2.45, 2.75) is 12.8 Å². The summed E-state index contributed by atoms with van der Waals surface area (Å²) in [6, 6.07) is 0. The molecule has 0 saturated carbocycles. The Balaban J connectivity index is 3.05. The minimum absolute atomic E-state index is 0.229. The average molecular weight is 252 g/mol. The van der Waals surface area contributed by atoms with Gasteiger partial charge in [0.2, 0.25) is 0 Å². The molecule has 0 aliphatic rings. The quantitative estimate of drug-likeness (QED) is 0.269. The molecule has 0 aromatic rings. The van der Waals surface area contributed by atoms with Crippen molar-refractivity contribution in [3.8, 4) is 0 Å². The summed E-state index contributed by atoms with van der Waals surface area (Å²) in [5.41, 5.74) is 0. The van der Waals surface area contributed by atoms with E-state index in [1.807, 2.05) is 0 Å². The first-order chi connectivity index (χ1) is 7.16. The maximum Gasteiger partial charge on any atom is 0.304 e. The fourth-order valence-corrected chi connectivity index (χ4v) is 2.56. The molecule has 0 spiro atoms. The van der Waals surface area contributed by atoms with Gasteiger partial charge < -0.3 is 9.99 Å². The van der Waals surface area contributed by atoms with Crippen molar-refractivity contribution in [2.75, 3.05) is 23.0 Å². The maximum absolute atomic E-state index is 10.2. The molecule has 88 valence electrons. The summed E-state index contributed by atoms with van der Waals surface area (Å²) in [5.74, 6) is 2.81. The predicted octanol–water partition coefficient (Wildman–Crippen LogP) is 2.32. The number of hydrogen-bond donors (Lipinski definition) is 2. The van der Waals surface area contributed by atoms with Crippen LogP contribution in [0.25, 0.3) is 0 Å². The van der Waals surface area contributed by atoms with Crippen LogP contribution >= 0.6 is 23.5 Å². The molecule has 0 rings (SSSR count). The van der Waals surface area contributed by atoms with Gasteiger partial charge in [0.15, 0.2) is 0 Å². The van der Waals surface area contributed by atoms with Gasteiger partial charge in [-0.1, -0.05) is 6.58 Å². The lowest BCUT2D eigenvalue weighted by Crippen LogP contribution is -1.97. The van der Waals surface area contributed by atoms with E-state index in [0.29, 0.717) is 17.3 Å². The molecular formula is C9H16O4S2. The Morgan fingerprint density at radius 3 is 2.53 bits per heavy atom. The monoisotopic (exact) mass is 252 g/mol. The molecule has 0 aromatic carbocycles. The molecule has 0 aromatic heterocycles. The van der Waals surface area contributed by atoms with Gasteiger partial charge in [0, 0.05) is 5.75 Å². The SMILES string of the molecule is C=C(CSCCCSCCC(=O)O)OO. The van der Waals surface area contributed by atoms with E-state index in [9.17, 15) is 4.79 Å². The second-order valence-corrected chi connectivity index (χ2v) is 5.12. The second-order valence-electron chi connectivity index (χ2n) is 2.79. The molecule has 15 heavy (non-hydrogen) atoms. The molecule has 0 radical (unpaired) electrons. The molecule has 0 amide bonds. The lowest BCUT2D eigenvalue weighted by Gasteiger charge is -2.02. The van der Waals surface area contributed by atoms with Gasteiger partial charge in [-0.15, -0.1) is 0 Å². The number of carbonyl (C=O) groups is 1. The number of thioether (sulfide) groups is 2. The van der Waals surface area contributed by atoms with Crippen molar-refractivity contribution in [1.29, 1.82) is 0 Å². The normalized spacial score (nSPS) is 9.93. The van der Waals surface area contributed by atoms with Gasteiger partial charge in [0.1, 0.15) is 5.76 Å². The number of aliphatic carboxylic acids is 1. The third-order valence-electron chi connectivity index (χ3n) is 1.43. The standard InChI is InChI=1S/C9H16O4S2/c1-8(13-12)7-15-5-2-4-14-6-3-9(10)11/h12H,1-7H2,(H,10,11). The minimum atomic E-state index is -0.742. The third kappa shape index (κ3) is 11.6. The molecule has 0 fully saturated rings. The van der Waals surface area contributed by atoms with Gasteiger partial charge in [-0.05, 0) is 17.9 Å². The van der Waals surface area contributed by atoms with Crippen LogP contribution in [0.15, 0.2) is 12.3 Å². The molecule has 0 aliphatic heterocycles. The maximum atomic E-state index is 10.2. The van der Waals surface area contributed by atoms with E-state index < -0.39 is 5.97 Å². The molecule has 2 N–H and O–H groups in total. The van der Waals surface area contributed by atoms with Crippen LogP contribution in [0, 0.1) is 0 Å². The molecule has 0 bridgehead atoms. The van der Waals surface area contributed by atoms with E-state index in [0.717, 1.165) is 17.9 Å². The van der Waals surface area contributed by atoms with E-state index in [4.69, 9.17) is 10.4 Å². The molecular weight excluding hydrogens is 236 g/mol. The summed E-state index contributed by atoms with van der Waals surface area (Å²) < 4.78 is 0. The highest BCUT2D eigenvalue weighted by molar-refractivity contribution is 8.00. The fourth-order valence-electron chi connectivity index (χ4n) is 0.737. The van der Waals surface area contributed by atoms with Crippen molar-refractivity contribution >= 4 is 29.5 Å². The summed E-state index contributed by atoms with van der Waals surface area (Å²) in [6.07, 6.45) is 1.25. The third-order valence-corrected chi connectivity index (χ3v) is 3.60. The molecule has 0 aliphatic carbocycles. The summed E-state index contributed by atoms with van der Waals surface area (Å²) in [5, 5.41) is 16.6. The van der Waals surface area contributed by atoms with Gasteiger partial charge in [-0.2, -0.15) is 23.5 Å². The van der Waals surface area contributed by atoms with E-state index in [1.54, 1.807) is 23.5 Å².